The number of nitrogens with zero attached hydrogens (tertiary/aromatic N) is 1. The van der Waals surface area contributed by atoms with Crippen LogP contribution in [0.3, 0.4) is 0 Å². The highest BCUT2D eigenvalue weighted by molar-refractivity contribution is 7.91. The molecule has 0 aliphatic heterocycles. The zero-order valence-corrected chi connectivity index (χ0v) is 10.1. The second-order valence-electron chi connectivity index (χ2n) is 3.67. The maximum absolute atomic E-state index is 12.3. The van der Waals surface area contributed by atoms with Gasteiger partial charge in [-0.1, -0.05) is 18.2 Å². The molecule has 0 spiro atoms. The van der Waals surface area contributed by atoms with Gasteiger partial charge in [-0.05, 0) is 30.7 Å². The van der Waals surface area contributed by atoms with Crippen LogP contribution in [0.5, 0.6) is 0 Å². The van der Waals surface area contributed by atoms with E-state index in [-0.39, 0.29) is 15.6 Å². The predicted molar refractivity (Wildman–Crippen MR) is 65.3 cm³/mol. The Hall–Kier alpha value is -1.88. The number of hydrogen-bond donors (Lipinski definition) is 1. The van der Waals surface area contributed by atoms with Gasteiger partial charge in [0.1, 0.15) is 0 Å². The first kappa shape index (κ1) is 11.6. The lowest BCUT2D eigenvalue weighted by Crippen LogP contribution is -2.09. The molecule has 1 heterocycles. The van der Waals surface area contributed by atoms with Crippen molar-refractivity contribution in [3.05, 3.63) is 48.2 Å². The Kier molecular flexibility index (Phi) is 2.85. The van der Waals surface area contributed by atoms with E-state index < -0.39 is 9.84 Å². The summed E-state index contributed by atoms with van der Waals surface area (Å²) < 4.78 is 24.7. The van der Waals surface area contributed by atoms with E-state index in [1.165, 1.54) is 12.3 Å². The fourth-order valence-corrected chi connectivity index (χ4v) is 3.13. The molecule has 0 unspecified atom stereocenters. The van der Waals surface area contributed by atoms with E-state index in [4.69, 9.17) is 5.73 Å². The third kappa shape index (κ3) is 2.01. The summed E-state index contributed by atoms with van der Waals surface area (Å²) >= 11 is 0. The van der Waals surface area contributed by atoms with Crippen LogP contribution in [0.2, 0.25) is 0 Å². The molecule has 88 valence electrons. The fourth-order valence-electron chi connectivity index (χ4n) is 1.59. The van der Waals surface area contributed by atoms with Crippen molar-refractivity contribution in [1.29, 1.82) is 0 Å². The fraction of sp³-hybridized carbons (Fsp3) is 0.0833. The molecule has 0 amide bonds. The molecule has 0 aliphatic carbocycles. The summed E-state index contributed by atoms with van der Waals surface area (Å²) in [6, 6.07) is 9.89. The first-order valence-electron chi connectivity index (χ1n) is 5.04. The monoisotopic (exact) mass is 248 g/mol. The summed E-state index contributed by atoms with van der Waals surface area (Å²) in [6.45, 7) is 1.74. The second-order valence-corrected chi connectivity index (χ2v) is 5.50. The molecule has 0 radical (unpaired) electrons. The van der Waals surface area contributed by atoms with Gasteiger partial charge in [0.05, 0.1) is 10.6 Å². The minimum Gasteiger partial charge on any atom is -0.396 e. The minimum absolute atomic E-state index is 0.0886. The Morgan fingerprint density at radius 3 is 2.47 bits per heavy atom. The molecule has 0 bridgehead atoms. The standard InChI is InChI=1S/C12H12N2O2S/c1-9-5-2-3-7-11(9)17(15,16)12-10(13)6-4-8-14-12/h2-8H,13H2,1H3. The number of benzene rings is 1. The van der Waals surface area contributed by atoms with Crippen LogP contribution in [0, 0.1) is 6.92 Å². The van der Waals surface area contributed by atoms with E-state index in [0.717, 1.165) is 0 Å². The highest BCUT2D eigenvalue weighted by Crippen LogP contribution is 2.25. The summed E-state index contributed by atoms with van der Waals surface area (Å²) in [4.78, 5) is 4.10. The normalized spacial score (nSPS) is 11.4. The molecule has 2 N–H and O–H groups in total. The Labute approximate surface area is 100 Å². The zero-order valence-electron chi connectivity index (χ0n) is 9.29. The van der Waals surface area contributed by atoms with E-state index >= 15 is 0 Å². The lowest BCUT2D eigenvalue weighted by atomic mass is 10.2. The van der Waals surface area contributed by atoms with Gasteiger partial charge in [-0.15, -0.1) is 0 Å². The van der Waals surface area contributed by atoms with Crippen LogP contribution in [0.1, 0.15) is 5.56 Å². The van der Waals surface area contributed by atoms with Crippen LogP contribution in [-0.4, -0.2) is 13.4 Å². The van der Waals surface area contributed by atoms with Gasteiger partial charge in [0.15, 0.2) is 5.03 Å². The maximum atomic E-state index is 12.3. The number of pyridine rings is 1. The molecular formula is C12H12N2O2S. The topological polar surface area (TPSA) is 73.0 Å². The average molecular weight is 248 g/mol. The minimum atomic E-state index is -3.64. The van der Waals surface area contributed by atoms with Crippen molar-refractivity contribution in [2.75, 3.05) is 5.73 Å². The van der Waals surface area contributed by atoms with Crippen LogP contribution in [0.15, 0.2) is 52.5 Å². The van der Waals surface area contributed by atoms with Crippen LogP contribution < -0.4 is 5.73 Å². The van der Waals surface area contributed by atoms with Crippen molar-refractivity contribution in [3.63, 3.8) is 0 Å². The van der Waals surface area contributed by atoms with Crippen molar-refractivity contribution in [3.8, 4) is 0 Å². The Bertz CT molecular complexity index is 600. The third-order valence-corrected chi connectivity index (χ3v) is 4.33. The molecule has 2 aromatic rings. The van der Waals surface area contributed by atoms with Crippen molar-refractivity contribution in [2.24, 2.45) is 0 Å². The smallest absolute Gasteiger partial charge is 0.226 e. The number of anilines is 1. The third-order valence-electron chi connectivity index (χ3n) is 2.44. The molecule has 1 aromatic heterocycles. The molecule has 2 rings (SSSR count). The van der Waals surface area contributed by atoms with Crippen LogP contribution in [0.4, 0.5) is 5.69 Å². The van der Waals surface area contributed by atoms with Gasteiger partial charge in [0.2, 0.25) is 9.84 Å². The van der Waals surface area contributed by atoms with Gasteiger partial charge in [-0.2, -0.15) is 0 Å². The van der Waals surface area contributed by atoms with Gasteiger partial charge in [0, 0.05) is 6.20 Å². The quantitative estimate of drug-likeness (QED) is 0.879. The van der Waals surface area contributed by atoms with Crippen molar-refractivity contribution in [2.45, 2.75) is 16.8 Å². The number of nitrogen functional groups attached to an aromatic ring is 1. The second kappa shape index (κ2) is 4.18. The molecule has 0 saturated heterocycles. The number of nitrogens with two attached hydrogens (primary N) is 1. The highest BCUT2D eigenvalue weighted by atomic mass is 32.2. The number of aromatic nitrogens is 1. The number of hydrogen-bond acceptors (Lipinski definition) is 4. The van der Waals surface area contributed by atoms with Crippen LogP contribution >= 0.6 is 0 Å². The molecule has 0 aliphatic rings. The molecule has 0 atom stereocenters. The number of sulfone groups is 1. The predicted octanol–water partition coefficient (Wildman–Crippen LogP) is 1.81. The average Bonchev–Trinajstić information content (AvgIpc) is 2.29. The Morgan fingerprint density at radius 2 is 1.82 bits per heavy atom. The van der Waals surface area contributed by atoms with E-state index in [1.807, 2.05) is 0 Å². The summed E-state index contributed by atoms with van der Waals surface area (Å²) in [6.07, 6.45) is 1.42. The molecule has 17 heavy (non-hydrogen) atoms. The maximum Gasteiger partial charge on any atom is 0.226 e. The van der Waals surface area contributed by atoms with Gasteiger partial charge < -0.3 is 5.73 Å². The lowest BCUT2D eigenvalue weighted by molar-refractivity contribution is 0.592. The molecule has 4 nitrogen and oxygen atoms in total. The SMILES string of the molecule is Cc1ccccc1S(=O)(=O)c1ncccc1N. The van der Waals surface area contributed by atoms with Gasteiger partial charge in [0.25, 0.3) is 0 Å². The van der Waals surface area contributed by atoms with E-state index in [0.29, 0.717) is 5.56 Å². The van der Waals surface area contributed by atoms with E-state index in [1.54, 1.807) is 37.3 Å². The molecule has 1 aromatic carbocycles. The zero-order chi connectivity index (χ0) is 12.5. The first-order chi connectivity index (χ1) is 8.03. The number of aryl methyl sites for hydroxylation is 1. The lowest BCUT2D eigenvalue weighted by Gasteiger charge is -2.08. The molecule has 0 fully saturated rings. The first-order valence-corrected chi connectivity index (χ1v) is 6.53. The van der Waals surface area contributed by atoms with Crippen molar-refractivity contribution in [1.82, 2.24) is 4.98 Å². The summed E-state index contributed by atoms with van der Waals surface area (Å²) in [5.41, 5.74) is 6.49. The number of rotatable bonds is 2. The molecular weight excluding hydrogens is 236 g/mol. The summed E-state index contributed by atoms with van der Waals surface area (Å²) in [5, 5.41) is -0.0886. The summed E-state index contributed by atoms with van der Waals surface area (Å²) in [7, 11) is -3.64. The Morgan fingerprint density at radius 1 is 1.12 bits per heavy atom. The van der Waals surface area contributed by atoms with Gasteiger partial charge >= 0.3 is 0 Å². The van der Waals surface area contributed by atoms with Crippen LogP contribution in [-0.2, 0) is 9.84 Å². The highest BCUT2D eigenvalue weighted by Gasteiger charge is 2.23. The molecule has 5 heteroatoms. The van der Waals surface area contributed by atoms with E-state index in [2.05, 4.69) is 4.98 Å². The van der Waals surface area contributed by atoms with Crippen molar-refractivity contribution >= 4 is 15.5 Å². The van der Waals surface area contributed by atoms with Gasteiger partial charge in [-0.3, -0.25) is 0 Å². The van der Waals surface area contributed by atoms with E-state index in [9.17, 15) is 8.42 Å². The van der Waals surface area contributed by atoms with Crippen molar-refractivity contribution < 1.29 is 8.42 Å². The molecule has 0 saturated carbocycles. The summed E-state index contributed by atoms with van der Waals surface area (Å²) in [5.74, 6) is 0. The Balaban J connectivity index is 2.67. The van der Waals surface area contributed by atoms with Gasteiger partial charge in [-0.25, -0.2) is 13.4 Å². The van der Waals surface area contributed by atoms with Crippen LogP contribution in [0.25, 0.3) is 0 Å². The largest absolute Gasteiger partial charge is 0.396 e.